The molecule has 2 aromatic rings. The molecule has 0 amide bonds. The van der Waals surface area contributed by atoms with Crippen molar-refractivity contribution in [3.63, 3.8) is 0 Å². The molecule has 1 fully saturated rings. The number of nitrogens with one attached hydrogen (secondary N) is 1. The van der Waals surface area contributed by atoms with Gasteiger partial charge in [-0.1, -0.05) is 39.7 Å². The zero-order valence-corrected chi connectivity index (χ0v) is 13.1. The molecule has 0 aromatic heterocycles. The predicted molar refractivity (Wildman–Crippen MR) is 84.9 cm³/mol. The van der Waals surface area contributed by atoms with E-state index in [0.29, 0.717) is 22.7 Å². The second-order valence-electron chi connectivity index (χ2n) is 5.19. The minimum Gasteiger partial charge on any atom is -0.381 e. The lowest BCUT2D eigenvalue weighted by Crippen LogP contribution is -2.34. The van der Waals surface area contributed by atoms with Gasteiger partial charge in [-0.05, 0) is 54.7 Å². The lowest BCUT2D eigenvalue weighted by Gasteiger charge is -2.37. The minimum absolute atomic E-state index is 0.263. The van der Waals surface area contributed by atoms with E-state index in [4.69, 9.17) is 11.6 Å². The highest BCUT2D eigenvalue weighted by Crippen LogP contribution is 2.39. The molecule has 1 nitrogen and oxygen atoms in total. The second kappa shape index (κ2) is 5.74. The molecule has 2 aromatic carbocycles. The Kier molecular flexibility index (Phi) is 3.99. The largest absolute Gasteiger partial charge is 0.381 e. The first-order valence-electron chi connectivity index (χ1n) is 6.59. The van der Waals surface area contributed by atoms with Crippen molar-refractivity contribution in [3.8, 4) is 0 Å². The molecule has 0 spiro atoms. The summed E-state index contributed by atoms with van der Waals surface area (Å²) in [5, 5.41) is 3.89. The van der Waals surface area contributed by atoms with Gasteiger partial charge in [0.1, 0.15) is 5.82 Å². The third-order valence-corrected chi connectivity index (χ3v) is 4.63. The van der Waals surface area contributed by atoms with Gasteiger partial charge in [-0.15, -0.1) is 0 Å². The van der Waals surface area contributed by atoms with Crippen molar-refractivity contribution in [1.29, 1.82) is 0 Å². The molecule has 104 valence electrons. The fourth-order valence-corrected chi connectivity index (χ4v) is 3.01. The predicted octanol–water partition coefficient (Wildman–Crippen LogP) is 5.60. The van der Waals surface area contributed by atoms with Crippen molar-refractivity contribution in [2.24, 2.45) is 0 Å². The van der Waals surface area contributed by atoms with Crippen LogP contribution >= 0.6 is 27.5 Å². The summed E-state index contributed by atoms with van der Waals surface area (Å²) in [6.45, 7) is 0. The van der Waals surface area contributed by atoms with Crippen LogP contribution in [0.3, 0.4) is 0 Å². The summed E-state index contributed by atoms with van der Waals surface area (Å²) >= 11 is 9.50. The van der Waals surface area contributed by atoms with Gasteiger partial charge in [-0.2, -0.15) is 0 Å². The van der Waals surface area contributed by atoms with E-state index in [9.17, 15) is 4.39 Å². The standard InChI is InChI=1S/C16H14BrClFN/c17-12-3-1-10(2-4-12)11-7-14(8-11)20-16-9-13(19)5-6-15(16)18/h1-6,9,11,14,20H,7-8H2. The SMILES string of the molecule is Fc1ccc(Cl)c(NC2CC(c3ccc(Br)cc3)C2)c1. The van der Waals surface area contributed by atoms with Crippen LogP contribution in [0.25, 0.3) is 0 Å². The van der Waals surface area contributed by atoms with E-state index in [1.54, 1.807) is 6.07 Å². The molecule has 0 unspecified atom stereocenters. The van der Waals surface area contributed by atoms with Gasteiger partial charge in [-0.25, -0.2) is 4.39 Å². The minimum atomic E-state index is -0.263. The molecule has 1 aliphatic carbocycles. The summed E-state index contributed by atoms with van der Waals surface area (Å²) in [5.41, 5.74) is 2.04. The topological polar surface area (TPSA) is 12.0 Å². The maximum Gasteiger partial charge on any atom is 0.125 e. The van der Waals surface area contributed by atoms with Crippen molar-refractivity contribution >= 4 is 33.2 Å². The van der Waals surface area contributed by atoms with Crippen molar-refractivity contribution < 1.29 is 4.39 Å². The number of benzene rings is 2. The average molecular weight is 355 g/mol. The van der Waals surface area contributed by atoms with Gasteiger partial charge in [0.2, 0.25) is 0 Å². The molecule has 20 heavy (non-hydrogen) atoms. The van der Waals surface area contributed by atoms with Gasteiger partial charge in [0.15, 0.2) is 0 Å². The molecule has 0 bridgehead atoms. The van der Waals surface area contributed by atoms with E-state index in [2.05, 4.69) is 45.5 Å². The molecule has 0 aliphatic heterocycles. The van der Waals surface area contributed by atoms with E-state index in [-0.39, 0.29) is 5.82 Å². The number of hydrogen-bond acceptors (Lipinski definition) is 1. The van der Waals surface area contributed by atoms with Crippen molar-refractivity contribution in [3.05, 3.63) is 63.3 Å². The van der Waals surface area contributed by atoms with Crippen molar-refractivity contribution in [2.45, 2.75) is 24.8 Å². The third-order valence-electron chi connectivity index (χ3n) is 3.77. The summed E-state index contributed by atoms with van der Waals surface area (Å²) in [6.07, 6.45) is 2.10. The van der Waals surface area contributed by atoms with E-state index in [1.165, 1.54) is 17.7 Å². The van der Waals surface area contributed by atoms with Crippen LogP contribution in [0.1, 0.15) is 24.3 Å². The first kappa shape index (κ1) is 13.9. The number of hydrogen-bond donors (Lipinski definition) is 1. The Bertz CT molecular complexity index is 608. The van der Waals surface area contributed by atoms with Crippen LogP contribution in [-0.4, -0.2) is 6.04 Å². The van der Waals surface area contributed by atoms with Crippen molar-refractivity contribution in [2.75, 3.05) is 5.32 Å². The van der Waals surface area contributed by atoms with E-state index >= 15 is 0 Å². The zero-order valence-electron chi connectivity index (χ0n) is 10.7. The Labute approximate surface area is 131 Å². The monoisotopic (exact) mass is 353 g/mol. The summed E-state index contributed by atoms with van der Waals surface area (Å²) in [7, 11) is 0. The number of halogens is 3. The molecular formula is C16H14BrClFN. The number of rotatable bonds is 3. The normalized spacial score (nSPS) is 21.4. The molecule has 0 saturated heterocycles. The van der Waals surface area contributed by atoms with Gasteiger partial charge >= 0.3 is 0 Å². The van der Waals surface area contributed by atoms with Crippen LogP contribution in [0.2, 0.25) is 5.02 Å². The highest BCUT2D eigenvalue weighted by atomic mass is 79.9. The smallest absolute Gasteiger partial charge is 0.125 e. The Morgan fingerprint density at radius 1 is 1.10 bits per heavy atom. The van der Waals surface area contributed by atoms with Gasteiger partial charge in [-0.3, -0.25) is 0 Å². The van der Waals surface area contributed by atoms with E-state index < -0.39 is 0 Å². The van der Waals surface area contributed by atoms with Crippen LogP contribution in [0.5, 0.6) is 0 Å². The molecule has 1 N–H and O–H groups in total. The maximum atomic E-state index is 13.2. The number of anilines is 1. The molecule has 0 atom stereocenters. The maximum absolute atomic E-state index is 13.2. The fourth-order valence-electron chi connectivity index (χ4n) is 2.57. The van der Waals surface area contributed by atoms with Gasteiger partial charge < -0.3 is 5.32 Å². The molecule has 4 heteroatoms. The van der Waals surface area contributed by atoms with Crippen LogP contribution in [0.15, 0.2) is 46.9 Å². The summed E-state index contributed by atoms with van der Waals surface area (Å²) in [6, 6.07) is 13.2. The molecule has 0 radical (unpaired) electrons. The fraction of sp³-hybridized carbons (Fsp3) is 0.250. The Balaban J connectivity index is 1.60. The molecule has 3 rings (SSSR count). The molecule has 1 saturated carbocycles. The summed E-state index contributed by atoms with van der Waals surface area (Å²) < 4.78 is 14.3. The Morgan fingerprint density at radius 2 is 1.80 bits per heavy atom. The van der Waals surface area contributed by atoms with Gasteiger partial charge in [0, 0.05) is 10.5 Å². The summed E-state index contributed by atoms with van der Waals surface area (Å²) in [5.74, 6) is 0.314. The quantitative estimate of drug-likeness (QED) is 0.756. The Morgan fingerprint density at radius 3 is 2.50 bits per heavy atom. The average Bonchev–Trinajstić information content (AvgIpc) is 2.39. The van der Waals surface area contributed by atoms with Crippen LogP contribution in [-0.2, 0) is 0 Å². The highest BCUT2D eigenvalue weighted by Gasteiger charge is 2.30. The second-order valence-corrected chi connectivity index (χ2v) is 6.51. The summed E-state index contributed by atoms with van der Waals surface area (Å²) in [4.78, 5) is 0. The van der Waals surface area contributed by atoms with Crippen molar-refractivity contribution in [1.82, 2.24) is 0 Å². The van der Waals surface area contributed by atoms with Gasteiger partial charge in [0.25, 0.3) is 0 Å². The lowest BCUT2D eigenvalue weighted by molar-refractivity contribution is 0.374. The van der Waals surface area contributed by atoms with Gasteiger partial charge in [0.05, 0.1) is 10.7 Å². The molecular weight excluding hydrogens is 341 g/mol. The first-order valence-corrected chi connectivity index (χ1v) is 7.76. The molecule has 0 heterocycles. The van der Waals surface area contributed by atoms with E-state index in [0.717, 1.165) is 17.3 Å². The molecule has 1 aliphatic rings. The van der Waals surface area contributed by atoms with Crippen LogP contribution in [0.4, 0.5) is 10.1 Å². The third kappa shape index (κ3) is 2.99. The van der Waals surface area contributed by atoms with Crippen LogP contribution < -0.4 is 5.32 Å². The first-order chi connectivity index (χ1) is 9.61. The van der Waals surface area contributed by atoms with E-state index in [1.807, 2.05) is 0 Å². The zero-order chi connectivity index (χ0) is 14.1. The highest BCUT2D eigenvalue weighted by molar-refractivity contribution is 9.10. The Hall–Kier alpha value is -1.06. The lowest BCUT2D eigenvalue weighted by atomic mass is 9.76. The van der Waals surface area contributed by atoms with Crippen LogP contribution in [0, 0.1) is 5.82 Å².